The van der Waals surface area contributed by atoms with Crippen molar-refractivity contribution in [2.24, 2.45) is 11.8 Å². The fourth-order valence-electron chi connectivity index (χ4n) is 6.83. The van der Waals surface area contributed by atoms with Crippen LogP contribution in [0.1, 0.15) is 35.8 Å². The molecule has 2 fully saturated rings. The maximum Gasteiger partial charge on any atom is 0.231 e. The van der Waals surface area contributed by atoms with Crippen LogP contribution in [0.15, 0.2) is 84.9 Å². The van der Waals surface area contributed by atoms with Crippen LogP contribution in [-0.2, 0) is 0 Å². The Bertz CT molecular complexity index is 1530. The van der Waals surface area contributed by atoms with E-state index in [4.69, 9.17) is 28.4 Å². The van der Waals surface area contributed by atoms with Crippen LogP contribution in [0.3, 0.4) is 0 Å². The van der Waals surface area contributed by atoms with E-state index in [-0.39, 0.29) is 30.7 Å². The highest BCUT2D eigenvalue weighted by Gasteiger charge is 2.28. The third kappa shape index (κ3) is 8.54. The first-order valence-electron chi connectivity index (χ1n) is 16.6. The molecule has 11 heteroatoms. The molecule has 4 aliphatic heterocycles. The molecule has 49 heavy (non-hydrogen) atoms. The van der Waals surface area contributed by atoms with Gasteiger partial charge in [-0.1, -0.05) is 24.3 Å². The first kappa shape index (κ1) is 34.3. The molecule has 0 aliphatic carbocycles. The van der Waals surface area contributed by atoms with Crippen molar-refractivity contribution in [2.75, 3.05) is 53.0 Å². The lowest BCUT2D eigenvalue weighted by Gasteiger charge is -2.32. The molecule has 0 aromatic heterocycles. The molecule has 0 amide bonds. The lowest BCUT2D eigenvalue weighted by molar-refractivity contribution is 0.173. The fourth-order valence-corrected chi connectivity index (χ4v) is 6.83. The smallest absolute Gasteiger partial charge is 0.231 e. The molecule has 4 aromatic rings. The zero-order valence-corrected chi connectivity index (χ0v) is 27.2. The topological polar surface area (TPSA) is 111 Å². The summed E-state index contributed by atoms with van der Waals surface area (Å²) in [6.07, 6.45) is 2.06. The minimum Gasteiger partial charge on any atom is -0.493 e. The minimum atomic E-state index is -0.194. The first-order valence-corrected chi connectivity index (χ1v) is 16.6. The van der Waals surface area contributed by atoms with Crippen molar-refractivity contribution in [1.82, 2.24) is 10.6 Å². The van der Waals surface area contributed by atoms with Gasteiger partial charge in [-0.3, -0.25) is 0 Å². The van der Waals surface area contributed by atoms with E-state index >= 15 is 0 Å². The molecule has 260 valence electrons. The van der Waals surface area contributed by atoms with E-state index in [1.165, 1.54) is 35.4 Å². The van der Waals surface area contributed by atoms with Crippen LogP contribution >= 0.6 is 0 Å². The van der Waals surface area contributed by atoms with Crippen molar-refractivity contribution >= 4 is 0 Å². The summed E-state index contributed by atoms with van der Waals surface area (Å²) in [5, 5.41) is 6.85. The van der Waals surface area contributed by atoms with E-state index in [2.05, 4.69) is 10.6 Å². The first-order chi connectivity index (χ1) is 23.6. The van der Waals surface area contributed by atoms with Crippen LogP contribution < -0.4 is 39.1 Å². The van der Waals surface area contributed by atoms with Gasteiger partial charge in [-0.2, -0.15) is 0 Å². The van der Waals surface area contributed by atoms with Gasteiger partial charge in [-0.05, 0) is 97.4 Å². The SMILES string of the molecule is Fc1ccc(C2CCNCC2COc2ccc3c(c2)OCO3)cc1.Fc1ccc(C2CCNCC2COc2ccc3c(c2)OCO3)cc1.O. The predicted molar refractivity (Wildman–Crippen MR) is 180 cm³/mol. The monoisotopic (exact) mass is 676 g/mol. The van der Waals surface area contributed by atoms with Crippen molar-refractivity contribution in [3.63, 3.8) is 0 Å². The van der Waals surface area contributed by atoms with Gasteiger partial charge in [0.15, 0.2) is 23.0 Å². The third-order valence-corrected chi connectivity index (χ3v) is 9.43. The Morgan fingerprint density at radius 2 is 0.959 bits per heavy atom. The quantitative estimate of drug-likeness (QED) is 0.240. The summed E-state index contributed by atoms with van der Waals surface area (Å²) >= 11 is 0. The number of nitrogens with one attached hydrogen (secondary N) is 2. The molecule has 8 rings (SSSR count). The molecule has 0 saturated carbocycles. The normalized spacial score (nSPS) is 21.9. The Morgan fingerprint density at radius 1 is 0.551 bits per heavy atom. The zero-order chi connectivity index (χ0) is 32.7. The average molecular weight is 677 g/mol. The molecular formula is C38H42F2N2O7. The molecule has 4 atom stereocenters. The minimum absolute atomic E-state index is 0. The van der Waals surface area contributed by atoms with E-state index in [0.717, 1.165) is 73.5 Å². The summed E-state index contributed by atoms with van der Waals surface area (Å²) in [5.41, 5.74) is 2.36. The summed E-state index contributed by atoms with van der Waals surface area (Å²) in [6.45, 7) is 5.48. The van der Waals surface area contributed by atoms with Crippen molar-refractivity contribution in [3.8, 4) is 34.5 Å². The molecule has 2 saturated heterocycles. The second-order valence-electron chi connectivity index (χ2n) is 12.5. The van der Waals surface area contributed by atoms with Gasteiger partial charge < -0.3 is 44.5 Å². The molecule has 0 radical (unpaired) electrons. The summed E-state index contributed by atoms with van der Waals surface area (Å²) in [6, 6.07) is 25.0. The molecule has 4 N–H and O–H groups in total. The Balaban J connectivity index is 0.000000167. The van der Waals surface area contributed by atoms with Gasteiger partial charge in [-0.15, -0.1) is 0 Å². The molecule has 9 nitrogen and oxygen atoms in total. The standard InChI is InChI=1S/2C19H20FNO3.H2O/c2*20-15-3-1-13(2-4-15)17-7-8-21-10-14(17)11-22-16-5-6-18-19(9-16)24-12-23-18;/h2*1-6,9,14,17,21H,7-8,10-12H2;1H2. The van der Waals surface area contributed by atoms with Crippen LogP contribution in [0.25, 0.3) is 0 Å². The lowest BCUT2D eigenvalue weighted by atomic mass is 9.81. The number of ether oxygens (including phenoxy) is 6. The summed E-state index contributed by atoms with van der Waals surface area (Å²) in [7, 11) is 0. The molecule has 4 unspecified atom stereocenters. The highest BCUT2D eigenvalue weighted by atomic mass is 19.1. The number of hydrogen-bond donors (Lipinski definition) is 2. The summed E-state index contributed by atoms with van der Waals surface area (Å²) < 4.78 is 59.7. The van der Waals surface area contributed by atoms with Crippen LogP contribution in [0.4, 0.5) is 8.78 Å². The number of benzene rings is 4. The predicted octanol–water partition coefficient (Wildman–Crippen LogP) is 5.83. The average Bonchev–Trinajstić information content (AvgIpc) is 3.80. The lowest BCUT2D eigenvalue weighted by Crippen LogP contribution is -2.38. The van der Waals surface area contributed by atoms with Crippen LogP contribution in [0.5, 0.6) is 34.5 Å². The maximum atomic E-state index is 13.2. The zero-order valence-electron chi connectivity index (χ0n) is 27.2. The van der Waals surface area contributed by atoms with Crippen molar-refractivity contribution in [3.05, 3.63) is 108 Å². The molecule has 0 spiro atoms. The molecule has 0 bridgehead atoms. The van der Waals surface area contributed by atoms with Gasteiger partial charge >= 0.3 is 0 Å². The van der Waals surface area contributed by atoms with Crippen LogP contribution in [0, 0.1) is 23.5 Å². The van der Waals surface area contributed by atoms with E-state index in [1.54, 1.807) is 0 Å². The van der Waals surface area contributed by atoms with Crippen LogP contribution in [0.2, 0.25) is 0 Å². The number of hydrogen-bond acceptors (Lipinski definition) is 8. The van der Waals surface area contributed by atoms with Gasteiger partial charge in [0.2, 0.25) is 13.6 Å². The molecule has 4 heterocycles. The van der Waals surface area contributed by atoms with Crippen LogP contribution in [-0.4, -0.2) is 58.5 Å². The van der Waals surface area contributed by atoms with Crippen molar-refractivity contribution < 1.29 is 42.7 Å². The second-order valence-corrected chi connectivity index (χ2v) is 12.5. The number of fused-ring (bicyclic) bond motifs is 2. The van der Waals surface area contributed by atoms with Gasteiger partial charge in [-0.25, -0.2) is 8.78 Å². The van der Waals surface area contributed by atoms with Gasteiger partial charge in [0, 0.05) is 37.1 Å². The van der Waals surface area contributed by atoms with Crippen molar-refractivity contribution in [2.45, 2.75) is 24.7 Å². The Hall–Kier alpha value is -4.58. The molecular weight excluding hydrogens is 634 g/mol. The third-order valence-electron chi connectivity index (χ3n) is 9.43. The van der Waals surface area contributed by atoms with E-state index < -0.39 is 0 Å². The van der Waals surface area contributed by atoms with Crippen molar-refractivity contribution in [1.29, 1.82) is 0 Å². The largest absolute Gasteiger partial charge is 0.493 e. The van der Waals surface area contributed by atoms with Gasteiger partial charge in [0.1, 0.15) is 23.1 Å². The van der Waals surface area contributed by atoms with E-state index in [0.29, 0.717) is 36.9 Å². The Morgan fingerprint density at radius 3 is 1.39 bits per heavy atom. The number of rotatable bonds is 8. The van der Waals surface area contributed by atoms with Gasteiger partial charge in [0.05, 0.1) is 13.2 Å². The second kappa shape index (κ2) is 16.2. The summed E-state index contributed by atoms with van der Waals surface area (Å²) in [4.78, 5) is 0. The van der Waals surface area contributed by atoms with E-state index in [9.17, 15) is 8.78 Å². The summed E-state index contributed by atoms with van der Waals surface area (Å²) in [5.74, 6) is 5.57. The molecule has 4 aromatic carbocycles. The fraction of sp³-hybridized carbons (Fsp3) is 0.368. The highest BCUT2D eigenvalue weighted by molar-refractivity contribution is 5.47. The molecule has 4 aliphatic rings. The van der Waals surface area contributed by atoms with Gasteiger partial charge in [0.25, 0.3) is 0 Å². The Kier molecular flexibility index (Phi) is 11.3. The van der Waals surface area contributed by atoms with E-state index in [1.807, 2.05) is 60.7 Å². The maximum absolute atomic E-state index is 13.2. The Labute approximate surface area is 284 Å². The number of halogens is 2. The number of piperidine rings is 2. The highest BCUT2D eigenvalue weighted by Crippen LogP contribution is 2.38.